The number of aromatic nitrogens is 1. The topological polar surface area (TPSA) is 51.1 Å². The van der Waals surface area contributed by atoms with Crippen LogP contribution < -0.4 is 10.9 Å². The molecule has 1 heterocycles. The molecule has 0 bridgehead atoms. The van der Waals surface area contributed by atoms with E-state index in [1.807, 2.05) is 32.0 Å². The third kappa shape index (κ3) is 3.98. The number of aryl methyl sites for hydroxylation is 2. The molecule has 7 heteroatoms. The number of benzene rings is 2. The number of anilines is 1. The highest BCUT2D eigenvalue weighted by Gasteiger charge is 2.16. The summed E-state index contributed by atoms with van der Waals surface area (Å²) in [6, 6.07) is 10.0. The van der Waals surface area contributed by atoms with Crippen LogP contribution >= 0.6 is 0 Å². The third-order valence-corrected chi connectivity index (χ3v) is 4.37. The summed E-state index contributed by atoms with van der Waals surface area (Å²) in [6.07, 6.45) is 1.34. The lowest BCUT2D eigenvalue weighted by Gasteiger charge is -2.12. The molecule has 1 amide bonds. The summed E-state index contributed by atoms with van der Waals surface area (Å²) in [5, 5.41) is 2.19. The normalized spacial score (nSPS) is 10.8. The fourth-order valence-corrected chi connectivity index (χ4v) is 2.76. The molecule has 0 saturated carbocycles. The Balaban J connectivity index is 1.88. The maximum absolute atomic E-state index is 13.8. The monoisotopic (exact) mass is 386 g/mol. The summed E-state index contributed by atoms with van der Waals surface area (Å²) < 4.78 is 41.5. The van der Waals surface area contributed by atoms with Crippen molar-refractivity contribution in [3.63, 3.8) is 0 Å². The molecule has 2 aromatic carbocycles. The second-order valence-electron chi connectivity index (χ2n) is 6.49. The van der Waals surface area contributed by atoms with E-state index >= 15 is 0 Å². The van der Waals surface area contributed by atoms with Gasteiger partial charge in [-0.15, -0.1) is 0 Å². The number of hydrogen-bond acceptors (Lipinski definition) is 2. The number of amides is 1. The number of rotatable bonds is 4. The lowest BCUT2D eigenvalue weighted by atomic mass is 10.1. The van der Waals surface area contributed by atoms with Gasteiger partial charge in [0.1, 0.15) is 0 Å². The van der Waals surface area contributed by atoms with Crippen molar-refractivity contribution in [3.8, 4) is 0 Å². The highest BCUT2D eigenvalue weighted by molar-refractivity contribution is 6.04. The van der Waals surface area contributed by atoms with E-state index in [2.05, 4.69) is 5.32 Å². The molecule has 0 unspecified atom stereocenters. The van der Waals surface area contributed by atoms with Crippen LogP contribution in [0.1, 0.15) is 27.0 Å². The number of carbonyl (C=O) groups excluding carboxylic acids is 1. The van der Waals surface area contributed by atoms with Gasteiger partial charge in [0, 0.05) is 12.3 Å². The minimum absolute atomic E-state index is 0.0778. The molecule has 144 valence electrons. The van der Waals surface area contributed by atoms with Gasteiger partial charge in [-0.25, -0.2) is 13.2 Å². The maximum Gasteiger partial charge on any atom is 0.257 e. The summed E-state index contributed by atoms with van der Waals surface area (Å²) in [6.45, 7) is 4.11. The number of nitrogens with one attached hydrogen (secondary N) is 1. The second kappa shape index (κ2) is 7.72. The number of nitrogens with zero attached hydrogens (tertiary/aromatic N) is 1. The average molecular weight is 386 g/mol. The van der Waals surface area contributed by atoms with Crippen molar-refractivity contribution in [2.75, 3.05) is 5.32 Å². The number of halogens is 3. The van der Waals surface area contributed by atoms with E-state index < -0.39 is 29.0 Å². The lowest BCUT2D eigenvalue weighted by Crippen LogP contribution is -2.23. The quantitative estimate of drug-likeness (QED) is 0.684. The zero-order chi connectivity index (χ0) is 20.4. The molecule has 28 heavy (non-hydrogen) atoms. The van der Waals surface area contributed by atoms with Crippen LogP contribution in [-0.4, -0.2) is 10.5 Å². The van der Waals surface area contributed by atoms with Crippen LogP contribution in [0.3, 0.4) is 0 Å². The molecule has 0 radical (unpaired) electrons. The lowest BCUT2D eigenvalue weighted by molar-refractivity contribution is 0.102. The minimum atomic E-state index is -1.67. The van der Waals surface area contributed by atoms with Gasteiger partial charge in [0.25, 0.3) is 11.5 Å². The first-order valence-electron chi connectivity index (χ1n) is 8.47. The van der Waals surface area contributed by atoms with Gasteiger partial charge in [-0.05, 0) is 43.2 Å². The number of pyridine rings is 1. The standard InChI is InChI=1S/C21H17F3N2O2/c1-12-3-4-13(2)15(9-12)11-26-10-14(5-8-18(26)27)21(28)25-17-7-6-16(22)19(23)20(17)24/h3-10H,11H2,1-2H3,(H,25,28). The van der Waals surface area contributed by atoms with Crippen LogP contribution in [0, 0.1) is 31.3 Å². The van der Waals surface area contributed by atoms with Crippen molar-refractivity contribution in [2.24, 2.45) is 0 Å². The van der Waals surface area contributed by atoms with Gasteiger partial charge in [0.05, 0.1) is 17.8 Å². The molecular formula is C21H17F3N2O2. The Labute approximate surface area is 159 Å². The van der Waals surface area contributed by atoms with Gasteiger partial charge in [-0.3, -0.25) is 9.59 Å². The molecule has 1 aromatic heterocycles. The first-order chi connectivity index (χ1) is 13.3. The highest BCUT2D eigenvalue weighted by atomic mass is 19.2. The highest BCUT2D eigenvalue weighted by Crippen LogP contribution is 2.20. The summed E-state index contributed by atoms with van der Waals surface area (Å²) in [5.74, 6) is -5.26. The maximum atomic E-state index is 13.8. The molecule has 0 aliphatic heterocycles. The fourth-order valence-electron chi connectivity index (χ4n) is 2.76. The van der Waals surface area contributed by atoms with Crippen LogP contribution in [0.25, 0.3) is 0 Å². The van der Waals surface area contributed by atoms with Crippen molar-refractivity contribution in [1.29, 1.82) is 0 Å². The van der Waals surface area contributed by atoms with E-state index in [-0.39, 0.29) is 17.7 Å². The van der Waals surface area contributed by atoms with Crippen molar-refractivity contribution >= 4 is 11.6 Å². The predicted molar refractivity (Wildman–Crippen MR) is 100.0 cm³/mol. The zero-order valence-corrected chi connectivity index (χ0v) is 15.2. The van der Waals surface area contributed by atoms with Crippen molar-refractivity contribution in [2.45, 2.75) is 20.4 Å². The number of carbonyl (C=O) groups is 1. The molecule has 0 saturated heterocycles. The summed E-state index contributed by atoms with van der Waals surface area (Å²) in [7, 11) is 0. The Morgan fingerprint density at radius 3 is 2.50 bits per heavy atom. The predicted octanol–water partition coefficient (Wildman–Crippen LogP) is 4.18. The Morgan fingerprint density at radius 2 is 1.75 bits per heavy atom. The average Bonchev–Trinajstić information content (AvgIpc) is 2.66. The molecule has 0 aliphatic carbocycles. The molecule has 3 rings (SSSR count). The molecule has 1 N–H and O–H groups in total. The molecule has 0 spiro atoms. The molecular weight excluding hydrogens is 369 g/mol. The molecule has 0 aliphatic rings. The Bertz CT molecular complexity index is 1120. The van der Waals surface area contributed by atoms with Crippen molar-refractivity contribution < 1.29 is 18.0 Å². The fraction of sp³-hybridized carbons (Fsp3) is 0.143. The van der Waals surface area contributed by atoms with Crippen molar-refractivity contribution in [1.82, 2.24) is 4.57 Å². The number of hydrogen-bond donors (Lipinski definition) is 1. The molecule has 0 fully saturated rings. The molecule has 4 nitrogen and oxygen atoms in total. The third-order valence-electron chi connectivity index (χ3n) is 4.37. The van der Waals surface area contributed by atoms with E-state index in [1.54, 1.807) is 0 Å². The van der Waals surface area contributed by atoms with Crippen molar-refractivity contribution in [3.05, 3.63) is 98.7 Å². The molecule has 0 atom stereocenters. The zero-order valence-electron chi connectivity index (χ0n) is 15.2. The Kier molecular flexibility index (Phi) is 5.35. The Hall–Kier alpha value is -3.35. The van der Waals surface area contributed by atoms with Gasteiger partial charge in [0.15, 0.2) is 17.5 Å². The van der Waals surface area contributed by atoms with Gasteiger partial charge >= 0.3 is 0 Å². The van der Waals surface area contributed by atoms with Gasteiger partial charge in [-0.1, -0.05) is 23.8 Å². The van der Waals surface area contributed by atoms with Gasteiger partial charge in [0.2, 0.25) is 0 Å². The van der Waals surface area contributed by atoms with E-state index in [1.165, 1.54) is 22.9 Å². The minimum Gasteiger partial charge on any atom is -0.319 e. The van der Waals surface area contributed by atoms with E-state index in [4.69, 9.17) is 0 Å². The van der Waals surface area contributed by atoms with Gasteiger partial charge < -0.3 is 9.88 Å². The second-order valence-corrected chi connectivity index (χ2v) is 6.49. The summed E-state index contributed by atoms with van der Waals surface area (Å²) in [4.78, 5) is 24.6. The largest absolute Gasteiger partial charge is 0.319 e. The van der Waals surface area contributed by atoms with Crippen LogP contribution in [0.4, 0.5) is 18.9 Å². The summed E-state index contributed by atoms with van der Waals surface area (Å²) >= 11 is 0. The van der Waals surface area contributed by atoms with Crippen LogP contribution in [-0.2, 0) is 6.54 Å². The molecule has 3 aromatic rings. The first-order valence-corrected chi connectivity index (χ1v) is 8.47. The van der Waals surface area contributed by atoms with Crippen LogP contribution in [0.2, 0.25) is 0 Å². The smallest absolute Gasteiger partial charge is 0.257 e. The van der Waals surface area contributed by atoms with Crippen LogP contribution in [0.5, 0.6) is 0 Å². The Morgan fingerprint density at radius 1 is 1.00 bits per heavy atom. The first kappa shape index (κ1) is 19.4. The van der Waals surface area contributed by atoms with E-state index in [9.17, 15) is 22.8 Å². The summed E-state index contributed by atoms with van der Waals surface area (Å²) in [5.41, 5.74) is 2.24. The van der Waals surface area contributed by atoms with Crippen LogP contribution in [0.15, 0.2) is 53.5 Å². The van der Waals surface area contributed by atoms with E-state index in [0.717, 1.165) is 28.8 Å². The van der Waals surface area contributed by atoms with Gasteiger partial charge in [-0.2, -0.15) is 0 Å². The van der Waals surface area contributed by atoms with E-state index in [0.29, 0.717) is 0 Å². The SMILES string of the molecule is Cc1ccc(C)c(Cn2cc(C(=O)Nc3ccc(F)c(F)c3F)ccc2=O)c1.